The van der Waals surface area contributed by atoms with Crippen LogP contribution in [0.4, 0.5) is 0 Å². The van der Waals surface area contributed by atoms with Crippen LogP contribution in [-0.4, -0.2) is 27.6 Å². The summed E-state index contributed by atoms with van der Waals surface area (Å²) in [5, 5.41) is 0. The SMILES string of the molecule is CC(C)[Si](OCC[C@@H]1CO1)(C(C)C)C(C)C. The van der Waals surface area contributed by atoms with Crippen molar-refractivity contribution in [1.29, 1.82) is 0 Å². The van der Waals surface area contributed by atoms with Crippen molar-refractivity contribution in [3.05, 3.63) is 0 Å². The Morgan fingerprint density at radius 1 is 1.06 bits per heavy atom. The fourth-order valence-corrected chi connectivity index (χ4v) is 8.57. The predicted octanol–water partition coefficient (Wildman–Crippen LogP) is 3.97. The molecule has 96 valence electrons. The minimum absolute atomic E-state index is 0.498. The van der Waals surface area contributed by atoms with Gasteiger partial charge in [0.15, 0.2) is 8.32 Å². The van der Waals surface area contributed by atoms with Crippen LogP contribution in [0, 0.1) is 0 Å². The zero-order valence-electron chi connectivity index (χ0n) is 11.7. The normalized spacial score (nSPS) is 21.2. The average molecular weight is 244 g/mol. The second kappa shape index (κ2) is 5.65. The lowest BCUT2D eigenvalue weighted by molar-refractivity contribution is 0.253. The highest BCUT2D eigenvalue weighted by molar-refractivity contribution is 6.77. The Morgan fingerprint density at radius 3 is 1.81 bits per heavy atom. The maximum Gasteiger partial charge on any atom is 0.200 e. The molecule has 0 aromatic heterocycles. The van der Waals surface area contributed by atoms with Gasteiger partial charge in [-0.25, -0.2) is 0 Å². The number of ether oxygens (including phenoxy) is 1. The Kier molecular flexibility index (Phi) is 5.01. The molecule has 0 bridgehead atoms. The van der Waals surface area contributed by atoms with Gasteiger partial charge < -0.3 is 9.16 Å². The summed E-state index contributed by atoms with van der Waals surface area (Å²) < 4.78 is 11.7. The van der Waals surface area contributed by atoms with E-state index in [4.69, 9.17) is 9.16 Å². The molecule has 0 amide bonds. The van der Waals surface area contributed by atoms with Crippen LogP contribution < -0.4 is 0 Å². The van der Waals surface area contributed by atoms with E-state index in [1.54, 1.807) is 0 Å². The minimum Gasteiger partial charge on any atom is -0.416 e. The summed E-state index contributed by atoms with van der Waals surface area (Å²) in [5.41, 5.74) is 2.06. The van der Waals surface area contributed by atoms with Gasteiger partial charge in [-0.2, -0.15) is 0 Å². The van der Waals surface area contributed by atoms with Crippen molar-refractivity contribution >= 4 is 8.32 Å². The maximum atomic E-state index is 6.42. The zero-order chi connectivity index (χ0) is 12.3. The maximum absolute atomic E-state index is 6.42. The summed E-state index contributed by atoms with van der Waals surface area (Å²) in [6.07, 6.45) is 1.58. The van der Waals surface area contributed by atoms with Crippen LogP contribution in [-0.2, 0) is 9.16 Å². The summed E-state index contributed by atoms with van der Waals surface area (Å²) in [6.45, 7) is 15.8. The van der Waals surface area contributed by atoms with E-state index >= 15 is 0 Å². The van der Waals surface area contributed by atoms with E-state index in [1.807, 2.05) is 0 Å². The van der Waals surface area contributed by atoms with Crippen LogP contribution in [0.1, 0.15) is 48.0 Å². The Balaban J connectivity index is 2.58. The van der Waals surface area contributed by atoms with E-state index in [1.165, 1.54) is 0 Å². The molecule has 0 saturated carbocycles. The second-order valence-electron chi connectivity index (χ2n) is 5.91. The summed E-state index contributed by atoms with van der Waals surface area (Å²) in [7, 11) is -1.62. The first-order chi connectivity index (χ1) is 7.41. The molecule has 1 saturated heterocycles. The largest absolute Gasteiger partial charge is 0.416 e. The van der Waals surface area contributed by atoms with Crippen LogP contribution in [0.15, 0.2) is 0 Å². The van der Waals surface area contributed by atoms with Gasteiger partial charge in [0.1, 0.15) is 0 Å². The molecule has 1 rings (SSSR count). The lowest BCUT2D eigenvalue weighted by atomic mass is 10.4. The zero-order valence-corrected chi connectivity index (χ0v) is 12.7. The molecule has 2 nitrogen and oxygen atoms in total. The van der Waals surface area contributed by atoms with E-state index < -0.39 is 8.32 Å². The Bertz CT molecular complexity index is 188. The molecule has 0 N–H and O–H groups in total. The molecule has 0 unspecified atom stereocenters. The van der Waals surface area contributed by atoms with E-state index in [0.717, 1.165) is 19.6 Å². The highest BCUT2D eigenvalue weighted by Gasteiger charge is 2.45. The van der Waals surface area contributed by atoms with Gasteiger partial charge in [0.05, 0.1) is 12.7 Å². The van der Waals surface area contributed by atoms with Crippen molar-refractivity contribution < 1.29 is 9.16 Å². The van der Waals surface area contributed by atoms with Gasteiger partial charge in [-0.15, -0.1) is 0 Å². The fourth-order valence-electron chi connectivity index (χ4n) is 3.10. The molecule has 0 radical (unpaired) electrons. The summed E-state index contributed by atoms with van der Waals surface area (Å²) >= 11 is 0. The van der Waals surface area contributed by atoms with Crippen LogP contribution in [0.2, 0.25) is 16.6 Å². The van der Waals surface area contributed by atoms with Crippen molar-refractivity contribution in [2.24, 2.45) is 0 Å². The van der Waals surface area contributed by atoms with Gasteiger partial charge in [0.2, 0.25) is 0 Å². The molecular formula is C13H28O2Si. The van der Waals surface area contributed by atoms with Crippen LogP contribution >= 0.6 is 0 Å². The Morgan fingerprint density at radius 2 is 1.50 bits per heavy atom. The topological polar surface area (TPSA) is 21.8 Å². The summed E-state index contributed by atoms with van der Waals surface area (Å²) in [4.78, 5) is 0. The number of epoxide rings is 1. The Hall–Kier alpha value is 0.137. The van der Waals surface area contributed by atoms with Crippen molar-refractivity contribution in [3.63, 3.8) is 0 Å². The molecule has 1 aliphatic heterocycles. The standard InChI is InChI=1S/C13H28O2Si/c1-10(2)16(11(3)4,12(5)6)15-8-7-13-9-14-13/h10-13H,7-9H2,1-6H3/t13-/m1/s1. The third-order valence-electron chi connectivity index (χ3n) is 3.90. The Labute approximate surface area is 102 Å². The fraction of sp³-hybridized carbons (Fsp3) is 1.00. The van der Waals surface area contributed by atoms with E-state index in [0.29, 0.717) is 22.7 Å². The molecule has 0 aromatic rings. The minimum atomic E-state index is -1.62. The van der Waals surface area contributed by atoms with Crippen molar-refractivity contribution in [2.45, 2.75) is 70.7 Å². The smallest absolute Gasteiger partial charge is 0.200 e. The molecule has 3 heteroatoms. The number of hydrogen-bond acceptors (Lipinski definition) is 2. The summed E-state index contributed by atoms with van der Waals surface area (Å²) in [6, 6.07) is 0. The quantitative estimate of drug-likeness (QED) is 0.499. The second-order valence-corrected chi connectivity index (χ2v) is 11.4. The van der Waals surface area contributed by atoms with Crippen LogP contribution in [0.3, 0.4) is 0 Å². The molecule has 1 fully saturated rings. The predicted molar refractivity (Wildman–Crippen MR) is 71.4 cm³/mol. The van der Waals surface area contributed by atoms with Gasteiger partial charge in [-0.1, -0.05) is 41.5 Å². The van der Waals surface area contributed by atoms with Crippen molar-refractivity contribution in [3.8, 4) is 0 Å². The van der Waals surface area contributed by atoms with Gasteiger partial charge in [-0.05, 0) is 23.0 Å². The van der Waals surface area contributed by atoms with E-state index in [9.17, 15) is 0 Å². The van der Waals surface area contributed by atoms with Crippen molar-refractivity contribution in [1.82, 2.24) is 0 Å². The lowest BCUT2D eigenvalue weighted by Gasteiger charge is -2.42. The molecule has 16 heavy (non-hydrogen) atoms. The van der Waals surface area contributed by atoms with Gasteiger partial charge in [-0.3, -0.25) is 0 Å². The first kappa shape index (κ1) is 14.2. The number of hydrogen-bond donors (Lipinski definition) is 0. The number of rotatable bonds is 7. The molecule has 0 aromatic carbocycles. The highest BCUT2D eigenvalue weighted by atomic mass is 28.4. The highest BCUT2D eigenvalue weighted by Crippen LogP contribution is 2.42. The molecular weight excluding hydrogens is 216 g/mol. The first-order valence-electron chi connectivity index (χ1n) is 6.66. The monoisotopic (exact) mass is 244 g/mol. The first-order valence-corrected chi connectivity index (χ1v) is 8.80. The third-order valence-corrected chi connectivity index (χ3v) is 10.0. The van der Waals surface area contributed by atoms with E-state index in [2.05, 4.69) is 41.5 Å². The average Bonchev–Trinajstić information content (AvgIpc) is 2.93. The molecule has 0 spiro atoms. The lowest BCUT2D eigenvalue weighted by Crippen LogP contribution is -2.48. The van der Waals surface area contributed by atoms with Crippen LogP contribution in [0.5, 0.6) is 0 Å². The molecule has 1 atom stereocenters. The van der Waals surface area contributed by atoms with Crippen LogP contribution in [0.25, 0.3) is 0 Å². The van der Waals surface area contributed by atoms with Gasteiger partial charge in [0, 0.05) is 6.61 Å². The van der Waals surface area contributed by atoms with Crippen molar-refractivity contribution in [2.75, 3.05) is 13.2 Å². The summed E-state index contributed by atoms with van der Waals surface area (Å²) in [5.74, 6) is 0. The van der Waals surface area contributed by atoms with Gasteiger partial charge in [0.25, 0.3) is 0 Å². The molecule has 1 aliphatic rings. The third kappa shape index (κ3) is 3.08. The molecule has 1 heterocycles. The molecule has 0 aliphatic carbocycles. The van der Waals surface area contributed by atoms with Gasteiger partial charge >= 0.3 is 0 Å². The van der Waals surface area contributed by atoms with E-state index in [-0.39, 0.29) is 0 Å².